The highest BCUT2D eigenvalue weighted by atomic mass is 16.5. The van der Waals surface area contributed by atoms with Crippen molar-refractivity contribution in [2.45, 2.75) is 19.8 Å². The minimum absolute atomic E-state index is 0.238. The lowest BCUT2D eigenvalue weighted by atomic mass is 9.80. The quantitative estimate of drug-likeness (QED) is 0.728. The topological polar surface area (TPSA) is 104 Å². The number of nitrogens with zero attached hydrogens (tertiary/aromatic N) is 1. The number of carbonyl (C=O) groups is 1. The highest BCUT2D eigenvalue weighted by molar-refractivity contribution is 5.75. The summed E-state index contributed by atoms with van der Waals surface area (Å²) in [6, 6.07) is 1.32. The first kappa shape index (κ1) is 13.5. The van der Waals surface area contributed by atoms with Crippen LogP contribution in [0.1, 0.15) is 18.7 Å². The first-order valence-corrected chi connectivity index (χ1v) is 6.15. The maximum Gasteiger partial charge on any atom is 0.311 e. The number of aryl methyl sites for hydroxylation is 1. The van der Waals surface area contributed by atoms with Crippen LogP contribution in [0.3, 0.4) is 0 Å². The van der Waals surface area contributed by atoms with Gasteiger partial charge in [-0.2, -0.15) is 0 Å². The molecule has 0 aliphatic carbocycles. The molecule has 0 unspecified atom stereocenters. The minimum atomic E-state index is -0.851. The fourth-order valence-electron chi connectivity index (χ4n) is 2.16. The van der Waals surface area contributed by atoms with Gasteiger partial charge in [0.05, 0.1) is 5.41 Å². The Morgan fingerprint density at radius 2 is 2.26 bits per heavy atom. The number of rotatable bonds is 4. The van der Waals surface area contributed by atoms with Crippen LogP contribution in [-0.2, 0) is 9.53 Å². The number of carboxylic acids is 1. The molecule has 0 atom stereocenters. The van der Waals surface area contributed by atoms with Crippen molar-refractivity contribution < 1.29 is 14.6 Å². The van der Waals surface area contributed by atoms with Crippen LogP contribution in [0, 0.1) is 12.3 Å². The molecule has 19 heavy (non-hydrogen) atoms. The van der Waals surface area contributed by atoms with Crippen LogP contribution in [-0.4, -0.2) is 40.8 Å². The van der Waals surface area contributed by atoms with Gasteiger partial charge < -0.3 is 20.1 Å². The van der Waals surface area contributed by atoms with Gasteiger partial charge in [0, 0.05) is 25.8 Å². The Bertz CT molecular complexity index is 520. The Morgan fingerprint density at radius 3 is 2.84 bits per heavy atom. The molecule has 2 heterocycles. The molecule has 0 aromatic carbocycles. The van der Waals surface area contributed by atoms with Gasteiger partial charge in [-0.1, -0.05) is 0 Å². The summed E-state index contributed by atoms with van der Waals surface area (Å²) in [5, 5.41) is 12.3. The van der Waals surface area contributed by atoms with Crippen molar-refractivity contribution in [2.75, 3.05) is 25.1 Å². The van der Waals surface area contributed by atoms with Crippen molar-refractivity contribution in [3.63, 3.8) is 0 Å². The van der Waals surface area contributed by atoms with E-state index in [4.69, 9.17) is 4.74 Å². The van der Waals surface area contributed by atoms with Crippen molar-refractivity contribution >= 4 is 11.8 Å². The summed E-state index contributed by atoms with van der Waals surface area (Å²) in [4.78, 5) is 29.4. The summed E-state index contributed by atoms with van der Waals surface area (Å²) in [7, 11) is 0. The predicted molar refractivity (Wildman–Crippen MR) is 68.2 cm³/mol. The number of aliphatic carboxylic acids is 1. The zero-order chi connectivity index (χ0) is 13.9. The second-order valence-corrected chi connectivity index (χ2v) is 4.77. The molecule has 1 saturated heterocycles. The number of H-pyrrole nitrogens is 1. The Morgan fingerprint density at radius 1 is 1.58 bits per heavy atom. The van der Waals surface area contributed by atoms with Crippen molar-refractivity contribution in [1.82, 2.24) is 9.97 Å². The molecular formula is C12H17N3O4. The number of ether oxygens (including phenoxy) is 1. The molecule has 1 aromatic heterocycles. The molecule has 1 aliphatic rings. The highest BCUT2D eigenvalue weighted by Gasteiger charge is 2.40. The maximum atomic E-state index is 11.4. The third kappa shape index (κ3) is 3.11. The lowest BCUT2D eigenvalue weighted by molar-refractivity contribution is -0.153. The average molecular weight is 267 g/mol. The molecule has 7 nitrogen and oxygen atoms in total. The van der Waals surface area contributed by atoms with Crippen LogP contribution in [0.5, 0.6) is 0 Å². The Balaban J connectivity index is 2.10. The molecule has 1 aromatic rings. The molecule has 3 N–H and O–H groups in total. The second kappa shape index (κ2) is 5.40. The molecule has 0 amide bonds. The molecule has 1 fully saturated rings. The smallest absolute Gasteiger partial charge is 0.311 e. The van der Waals surface area contributed by atoms with Gasteiger partial charge in [0.1, 0.15) is 11.6 Å². The first-order chi connectivity index (χ1) is 9.02. The monoisotopic (exact) mass is 267 g/mol. The lowest BCUT2D eigenvalue weighted by Crippen LogP contribution is -2.42. The van der Waals surface area contributed by atoms with E-state index in [1.807, 2.05) is 0 Å². The number of nitrogens with one attached hydrogen (secondary N) is 2. The van der Waals surface area contributed by atoms with Crippen molar-refractivity contribution in [3.05, 3.63) is 22.2 Å². The van der Waals surface area contributed by atoms with Gasteiger partial charge in [0.15, 0.2) is 0 Å². The molecule has 0 spiro atoms. The standard InChI is InChI=1S/C12H17N3O4/c1-8-14-9(6-10(16)15-8)13-7-12(11(17)18)2-4-19-5-3-12/h6H,2-5,7H2,1H3,(H,17,18)(H2,13,14,15,16). The predicted octanol–water partition coefficient (Wildman–Crippen LogP) is 0.372. The van der Waals surface area contributed by atoms with Gasteiger partial charge in [0.25, 0.3) is 5.56 Å². The van der Waals surface area contributed by atoms with E-state index in [9.17, 15) is 14.7 Å². The number of carboxylic acid groups (broad SMARTS) is 1. The van der Waals surface area contributed by atoms with Crippen LogP contribution in [0.15, 0.2) is 10.9 Å². The van der Waals surface area contributed by atoms with Crippen LogP contribution in [0.2, 0.25) is 0 Å². The third-order valence-corrected chi connectivity index (χ3v) is 3.37. The van der Waals surface area contributed by atoms with E-state index in [1.54, 1.807) is 6.92 Å². The van der Waals surface area contributed by atoms with E-state index in [2.05, 4.69) is 15.3 Å². The van der Waals surface area contributed by atoms with E-state index in [1.165, 1.54) is 6.07 Å². The van der Waals surface area contributed by atoms with E-state index >= 15 is 0 Å². The number of hydrogen-bond donors (Lipinski definition) is 3. The molecule has 104 valence electrons. The van der Waals surface area contributed by atoms with Crippen molar-refractivity contribution in [1.29, 1.82) is 0 Å². The number of aromatic amines is 1. The van der Waals surface area contributed by atoms with E-state index in [-0.39, 0.29) is 12.1 Å². The van der Waals surface area contributed by atoms with Crippen LogP contribution >= 0.6 is 0 Å². The molecule has 0 radical (unpaired) electrons. The van der Waals surface area contributed by atoms with Crippen LogP contribution in [0.25, 0.3) is 0 Å². The maximum absolute atomic E-state index is 11.4. The Labute approximate surface area is 110 Å². The van der Waals surface area contributed by atoms with Gasteiger partial charge in [-0.25, -0.2) is 4.98 Å². The fourth-order valence-corrected chi connectivity index (χ4v) is 2.16. The number of aromatic nitrogens is 2. The fraction of sp³-hybridized carbons (Fsp3) is 0.583. The number of anilines is 1. The SMILES string of the molecule is Cc1nc(NCC2(C(=O)O)CCOCC2)cc(=O)[nH]1. The minimum Gasteiger partial charge on any atom is -0.481 e. The molecule has 1 aliphatic heterocycles. The lowest BCUT2D eigenvalue weighted by Gasteiger charge is -2.33. The normalized spacial score (nSPS) is 17.9. The van der Waals surface area contributed by atoms with Crippen molar-refractivity contribution in [2.24, 2.45) is 5.41 Å². The molecular weight excluding hydrogens is 250 g/mol. The van der Waals surface area contributed by atoms with Gasteiger partial charge in [0.2, 0.25) is 0 Å². The number of hydrogen-bond acceptors (Lipinski definition) is 5. The van der Waals surface area contributed by atoms with Gasteiger partial charge in [-0.05, 0) is 19.8 Å². The summed E-state index contributed by atoms with van der Waals surface area (Å²) in [6.45, 7) is 2.79. The largest absolute Gasteiger partial charge is 0.481 e. The first-order valence-electron chi connectivity index (χ1n) is 6.15. The average Bonchev–Trinajstić information content (AvgIpc) is 2.36. The summed E-state index contributed by atoms with van der Waals surface area (Å²) < 4.78 is 5.20. The van der Waals surface area contributed by atoms with E-state index in [0.29, 0.717) is 37.7 Å². The second-order valence-electron chi connectivity index (χ2n) is 4.77. The Hall–Kier alpha value is -1.89. The van der Waals surface area contributed by atoms with Gasteiger partial charge in [-0.3, -0.25) is 9.59 Å². The van der Waals surface area contributed by atoms with E-state index < -0.39 is 11.4 Å². The highest BCUT2D eigenvalue weighted by Crippen LogP contribution is 2.30. The van der Waals surface area contributed by atoms with Gasteiger partial charge >= 0.3 is 5.97 Å². The van der Waals surface area contributed by atoms with Gasteiger partial charge in [-0.15, -0.1) is 0 Å². The summed E-state index contributed by atoms with van der Waals surface area (Å²) in [5.41, 5.74) is -1.11. The van der Waals surface area contributed by atoms with E-state index in [0.717, 1.165) is 0 Å². The molecule has 0 saturated carbocycles. The van der Waals surface area contributed by atoms with Crippen LogP contribution < -0.4 is 10.9 Å². The zero-order valence-electron chi connectivity index (χ0n) is 10.7. The molecule has 2 rings (SSSR count). The molecule has 0 bridgehead atoms. The zero-order valence-corrected chi connectivity index (χ0v) is 10.7. The van der Waals surface area contributed by atoms with Crippen molar-refractivity contribution in [3.8, 4) is 0 Å². The summed E-state index contributed by atoms with van der Waals surface area (Å²) in [6.07, 6.45) is 0.912. The molecule has 7 heteroatoms. The Kier molecular flexibility index (Phi) is 3.84. The summed E-state index contributed by atoms with van der Waals surface area (Å²) in [5.74, 6) is 0.0459. The summed E-state index contributed by atoms with van der Waals surface area (Å²) >= 11 is 0. The third-order valence-electron chi connectivity index (χ3n) is 3.37. The van der Waals surface area contributed by atoms with Crippen LogP contribution in [0.4, 0.5) is 5.82 Å².